The Balaban J connectivity index is 1.62. The van der Waals surface area contributed by atoms with Crippen LogP contribution in [0.3, 0.4) is 0 Å². The molecule has 1 amide bonds. The Morgan fingerprint density at radius 2 is 2.14 bits per heavy atom. The molecule has 4 heterocycles. The standard InChI is InChI=1S/C27H31ClN4O5/c1-27(9-12-37-27)15-36-20-14-29-10-7-17(20)23-24(31-19-6-4-5-18(28)25(19)35-3)21-22(32-23)16(8-11-34-2)13-30-26(21)33/h4-7,10,14,16,31-32H,8-9,11-13,15H2,1-3H3,(H,30,33)/t16-,27+/m0/s1. The van der Waals surface area contributed by atoms with Gasteiger partial charge in [0.2, 0.25) is 0 Å². The number of pyridine rings is 1. The lowest BCUT2D eigenvalue weighted by Crippen LogP contribution is -2.45. The number of methoxy groups -OCH3 is 2. The molecule has 2 aromatic heterocycles. The minimum absolute atomic E-state index is 0.0525. The second kappa shape index (κ2) is 10.6. The summed E-state index contributed by atoms with van der Waals surface area (Å²) in [7, 11) is 3.24. The Kier molecular flexibility index (Phi) is 7.28. The number of hydrogen-bond acceptors (Lipinski definition) is 7. The number of benzene rings is 1. The van der Waals surface area contributed by atoms with E-state index in [9.17, 15) is 4.79 Å². The molecule has 2 aliphatic heterocycles. The zero-order valence-electron chi connectivity index (χ0n) is 21.2. The fourth-order valence-electron chi connectivity index (χ4n) is 4.75. The van der Waals surface area contributed by atoms with Gasteiger partial charge in [-0.15, -0.1) is 0 Å². The highest BCUT2D eigenvalue weighted by Crippen LogP contribution is 2.45. The summed E-state index contributed by atoms with van der Waals surface area (Å²) in [4.78, 5) is 21.1. The van der Waals surface area contributed by atoms with E-state index in [1.165, 1.54) is 0 Å². The van der Waals surface area contributed by atoms with Crippen molar-refractivity contribution in [2.75, 3.05) is 45.9 Å². The number of anilines is 2. The first-order chi connectivity index (χ1) is 17.9. The van der Waals surface area contributed by atoms with Crippen molar-refractivity contribution in [3.05, 3.63) is 52.9 Å². The molecular formula is C27H31ClN4O5. The number of ether oxygens (including phenoxy) is 4. The third-order valence-corrected chi connectivity index (χ3v) is 7.24. The SMILES string of the molecule is COCC[C@H]1CNC(=O)c2c1[nH]c(-c1ccncc1OC[C@@]1(C)CCO1)c2Nc1cccc(Cl)c1OC. The number of carbonyl (C=O) groups excluding carboxylic acids is 1. The van der Waals surface area contributed by atoms with Crippen LogP contribution in [-0.2, 0) is 9.47 Å². The monoisotopic (exact) mass is 526 g/mol. The Bertz CT molecular complexity index is 1290. The molecule has 0 spiro atoms. The molecule has 1 aromatic carbocycles. The number of hydrogen-bond donors (Lipinski definition) is 3. The predicted octanol–water partition coefficient (Wildman–Crippen LogP) is 4.90. The van der Waals surface area contributed by atoms with Crippen molar-refractivity contribution in [2.24, 2.45) is 0 Å². The highest BCUT2D eigenvalue weighted by molar-refractivity contribution is 6.32. The molecule has 5 rings (SSSR count). The zero-order valence-corrected chi connectivity index (χ0v) is 21.9. The van der Waals surface area contributed by atoms with E-state index in [-0.39, 0.29) is 17.4 Å². The van der Waals surface area contributed by atoms with E-state index in [0.29, 0.717) is 58.9 Å². The maximum absolute atomic E-state index is 13.3. The van der Waals surface area contributed by atoms with Gasteiger partial charge in [0.25, 0.3) is 5.91 Å². The van der Waals surface area contributed by atoms with E-state index in [1.54, 1.807) is 32.7 Å². The van der Waals surface area contributed by atoms with Gasteiger partial charge >= 0.3 is 0 Å². The van der Waals surface area contributed by atoms with Gasteiger partial charge in [0.05, 0.1) is 47.6 Å². The maximum Gasteiger partial charge on any atom is 0.255 e. The lowest BCUT2D eigenvalue weighted by molar-refractivity contribution is -0.152. The molecule has 2 aliphatic rings. The largest absolute Gasteiger partial charge is 0.493 e. The summed E-state index contributed by atoms with van der Waals surface area (Å²) in [6.07, 6.45) is 5.07. The smallest absolute Gasteiger partial charge is 0.255 e. The van der Waals surface area contributed by atoms with Gasteiger partial charge in [-0.1, -0.05) is 17.7 Å². The molecule has 1 saturated heterocycles. The second-order valence-corrected chi connectivity index (χ2v) is 9.91. The first-order valence-electron chi connectivity index (χ1n) is 12.3. The summed E-state index contributed by atoms with van der Waals surface area (Å²) < 4.78 is 22.8. The quantitative estimate of drug-likeness (QED) is 0.345. The normalized spacial score (nSPS) is 20.5. The fraction of sp³-hybridized carbons (Fsp3) is 0.407. The van der Waals surface area contributed by atoms with Crippen LogP contribution in [0.25, 0.3) is 11.3 Å². The number of para-hydroxylation sites is 1. The average molecular weight is 527 g/mol. The Labute approximate surface area is 220 Å². The molecule has 9 nitrogen and oxygen atoms in total. The van der Waals surface area contributed by atoms with Crippen molar-refractivity contribution in [3.63, 3.8) is 0 Å². The van der Waals surface area contributed by atoms with Crippen molar-refractivity contribution in [3.8, 4) is 22.8 Å². The first-order valence-corrected chi connectivity index (χ1v) is 12.7. The van der Waals surface area contributed by atoms with E-state index >= 15 is 0 Å². The van der Waals surface area contributed by atoms with Gasteiger partial charge in [0.1, 0.15) is 18.0 Å². The van der Waals surface area contributed by atoms with Gasteiger partial charge in [-0.3, -0.25) is 9.78 Å². The molecule has 10 heteroatoms. The molecule has 2 atom stereocenters. The van der Waals surface area contributed by atoms with Crippen LogP contribution in [0.4, 0.5) is 11.4 Å². The van der Waals surface area contributed by atoms with E-state index in [4.69, 9.17) is 30.5 Å². The molecule has 3 aromatic rings. The molecule has 1 fully saturated rings. The van der Waals surface area contributed by atoms with Crippen LogP contribution < -0.4 is 20.1 Å². The molecular weight excluding hydrogens is 496 g/mol. The Hall–Kier alpha value is -3.27. The number of amides is 1. The van der Waals surface area contributed by atoms with Crippen molar-refractivity contribution in [1.29, 1.82) is 0 Å². The van der Waals surface area contributed by atoms with E-state index in [0.717, 1.165) is 30.7 Å². The van der Waals surface area contributed by atoms with Gasteiger partial charge in [0.15, 0.2) is 5.75 Å². The molecule has 0 unspecified atom stereocenters. The summed E-state index contributed by atoms with van der Waals surface area (Å²) in [5.41, 5.74) is 3.80. The summed E-state index contributed by atoms with van der Waals surface area (Å²) >= 11 is 6.40. The third kappa shape index (κ3) is 4.99. The molecule has 0 radical (unpaired) electrons. The van der Waals surface area contributed by atoms with Crippen molar-refractivity contribution in [1.82, 2.24) is 15.3 Å². The number of aromatic nitrogens is 2. The van der Waals surface area contributed by atoms with Crippen LogP contribution in [0.15, 0.2) is 36.7 Å². The van der Waals surface area contributed by atoms with Crippen molar-refractivity contribution in [2.45, 2.75) is 31.3 Å². The topological polar surface area (TPSA) is 107 Å². The molecule has 0 aliphatic carbocycles. The fourth-order valence-corrected chi connectivity index (χ4v) is 5.00. The summed E-state index contributed by atoms with van der Waals surface area (Å²) in [5, 5.41) is 6.93. The lowest BCUT2D eigenvalue weighted by atomic mass is 9.93. The average Bonchev–Trinajstić information content (AvgIpc) is 3.26. The van der Waals surface area contributed by atoms with Gasteiger partial charge in [0, 0.05) is 50.1 Å². The number of halogens is 1. The maximum atomic E-state index is 13.3. The molecule has 0 saturated carbocycles. The number of H-pyrrole nitrogens is 1. The van der Waals surface area contributed by atoms with E-state index < -0.39 is 0 Å². The van der Waals surface area contributed by atoms with Crippen LogP contribution >= 0.6 is 11.6 Å². The lowest BCUT2D eigenvalue weighted by Gasteiger charge is -2.38. The van der Waals surface area contributed by atoms with Gasteiger partial charge < -0.3 is 34.6 Å². The third-order valence-electron chi connectivity index (χ3n) is 6.94. The number of nitrogens with one attached hydrogen (secondary N) is 3. The second-order valence-electron chi connectivity index (χ2n) is 9.51. The van der Waals surface area contributed by atoms with E-state index in [1.807, 2.05) is 25.1 Å². The van der Waals surface area contributed by atoms with Crippen LogP contribution in [0.1, 0.15) is 41.7 Å². The number of fused-ring (bicyclic) bond motifs is 1. The van der Waals surface area contributed by atoms with Crippen LogP contribution in [0.2, 0.25) is 5.02 Å². The zero-order chi connectivity index (χ0) is 26.0. The van der Waals surface area contributed by atoms with Crippen LogP contribution in [0, 0.1) is 0 Å². The minimum atomic E-state index is -0.317. The molecule has 3 N–H and O–H groups in total. The molecule has 196 valence electrons. The number of nitrogens with zero attached hydrogens (tertiary/aromatic N) is 1. The highest BCUT2D eigenvalue weighted by atomic mass is 35.5. The van der Waals surface area contributed by atoms with Crippen LogP contribution in [0.5, 0.6) is 11.5 Å². The number of rotatable bonds is 10. The summed E-state index contributed by atoms with van der Waals surface area (Å²) in [5.74, 6) is 0.963. The number of carbonyl (C=O) groups is 1. The number of aromatic amines is 1. The van der Waals surface area contributed by atoms with E-state index in [2.05, 4.69) is 20.6 Å². The van der Waals surface area contributed by atoms with Crippen LogP contribution in [-0.4, -0.2) is 62.1 Å². The van der Waals surface area contributed by atoms with Gasteiger partial charge in [-0.05, 0) is 31.5 Å². The molecule has 0 bridgehead atoms. The van der Waals surface area contributed by atoms with Crippen molar-refractivity contribution < 1.29 is 23.7 Å². The summed E-state index contributed by atoms with van der Waals surface area (Å²) in [6, 6.07) is 7.31. The van der Waals surface area contributed by atoms with Gasteiger partial charge in [-0.25, -0.2) is 0 Å². The van der Waals surface area contributed by atoms with Crippen molar-refractivity contribution >= 4 is 28.9 Å². The highest BCUT2D eigenvalue weighted by Gasteiger charge is 2.36. The predicted molar refractivity (Wildman–Crippen MR) is 141 cm³/mol. The Morgan fingerprint density at radius 3 is 2.86 bits per heavy atom. The van der Waals surface area contributed by atoms with Gasteiger partial charge in [-0.2, -0.15) is 0 Å². The molecule has 37 heavy (non-hydrogen) atoms. The first kappa shape index (κ1) is 25.4. The minimum Gasteiger partial charge on any atom is -0.493 e. The Morgan fingerprint density at radius 1 is 1.30 bits per heavy atom. The summed E-state index contributed by atoms with van der Waals surface area (Å²) in [6.45, 7) is 4.25.